The van der Waals surface area contributed by atoms with E-state index in [9.17, 15) is 12.8 Å². The summed E-state index contributed by atoms with van der Waals surface area (Å²) < 4.78 is 37.6. The maximum absolute atomic E-state index is 12.9. The fraction of sp³-hybridized carbons (Fsp3) is 0.167. The molecule has 0 aliphatic rings. The Kier molecular flexibility index (Phi) is 5.22. The van der Waals surface area contributed by atoms with E-state index in [0.29, 0.717) is 22.2 Å². The second-order valence-electron chi connectivity index (χ2n) is 5.69. The topological polar surface area (TPSA) is 84.8 Å². The van der Waals surface area contributed by atoms with Gasteiger partial charge in [0.25, 0.3) is 0 Å². The Labute approximate surface area is 151 Å². The van der Waals surface area contributed by atoms with Crippen LogP contribution in [0.25, 0.3) is 11.5 Å². The molecule has 2 aromatic heterocycles. The highest BCUT2D eigenvalue weighted by Crippen LogP contribution is 2.15. The second-order valence-corrected chi connectivity index (χ2v) is 7.79. The third-order valence-corrected chi connectivity index (χ3v) is 5.40. The summed E-state index contributed by atoms with van der Waals surface area (Å²) in [4.78, 5) is 12.6. The molecule has 6 nitrogen and oxygen atoms in total. The summed E-state index contributed by atoms with van der Waals surface area (Å²) in [5, 5.41) is 2.97. The molecular weight excluding hydrogens is 355 g/mol. The Morgan fingerprint density at radius 2 is 1.81 bits per heavy atom. The molecule has 26 heavy (non-hydrogen) atoms. The number of nitrogens with one attached hydrogen (secondary N) is 1. The third kappa shape index (κ3) is 4.40. The van der Waals surface area contributed by atoms with Crippen molar-refractivity contribution in [1.29, 1.82) is 0 Å². The number of hydrogen-bond donors (Lipinski definition) is 1. The zero-order valence-corrected chi connectivity index (χ0v) is 14.9. The Morgan fingerprint density at radius 3 is 2.50 bits per heavy atom. The molecule has 0 fully saturated rings. The van der Waals surface area contributed by atoms with Crippen LogP contribution >= 0.6 is 0 Å². The predicted molar refractivity (Wildman–Crippen MR) is 96.9 cm³/mol. The van der Waals surface area contributed by atoms with Crippen LogP contribution in [0, 0.1) is 12.7 Å². The molecule has 0 saturated heterocycles. The van der Waals surface area contributed by atoms with Gasteiger partial charge in [0.05, 0.1) is 16.8 Å². The lowest BCUT2D eigenvalue weighted by Crippen LogP contribution is -2.16. The first-order valence-corrected chi connectivity index (χ1v) is 9.57. The highest BCUT2D eigenvalue weighted by Gasteiger charge is 2.14. The van der Waals surface area contributed by atoms with Crippen LogP contribution in [0.3, 0.4) is 0 Å². The van der Waals surface area contributed by atoms with E-state index < -0.39 is 15.7 Å². The summed E-state index contributed by atoms with van der Waals surface area (Å²) in [5.41, 5.74) is 1.44. The molecule has 3 aromatic rings. The van der Waals surface area contributed by atoms with Gasteiger partial charge in [0.2, 0.25) is 0 Å². The van der Waals surface area contributed by atoms with Crippen molar-refractivity contribution in [3.8, 4) is 11.5 Å². The minimum absolute atomic E-state index is 0.0653. The lowest BCUT2D eigenvalue weighted by Gasteiger charge is -2.08. The van der Waals surface area contributed by atoms with Crippen LogP contribution in [0.5, 0.6) is 0 Å². The van der Waals surface area contributed by atoms with E-state index >= 15 is 0 Å². The average Bonchev–Trinajstić information content (AvgIpc) is 2.63. The Hall–Kier alpha value is -2.87. The maximum atomic E-state index is 12.9. The van der Waals surface area contributed by atoms with E-state index in [2.05, 4.69) is 20.3 Å². The minimum atomic E-state index is -3.37. The number of pyridine rings is 1. The maximum Gasteiger partial charge on any atom is 0.180 e. The summed E-state index contributed by atoms with van der Waals surface area (Å²) in [6, 6.07) is 11.1. The van der Waals surface area contributed by atoms with E-state index in [0.717, 1.165) is 11.8 Å². The Morgan fingerprint density at radius 1 is 1.04 bits per heavy atom. The van der Waals surface area contributed by atoms with Gasteiger partial charge < -0.3 is 5.32 Å². The number of anilines is 1. The molecule has 0 aliphatic heterocycles. The fourth-order valence-corrected chi connectivity index (χ4v) is 3.42. The van der Waals surface area contributed by atoms with Gasteiger partial charge in [0, 0.05) is 12.7 Å². The lowest BCUT2D eigenvalue weighted by molar-refractivity contribution is 0.596. The molecule has 2 heterocycles. The van der Waals surface area contributed by atoms with Crippen LogP contribution in [-0.4, -0.2) is 35.7 Å². The summed E-state index contributed by atoms with van der Waals surface area (Å²) in [7, 11) is -3.37. The van der Waals surface area contributed by atoms with Crippen molar-refractivity contribution in [3.63, 3.8) is 0 Å². The zero-order chi connectivity index (χ0) is 18.6. The van der Waals surface area contributed by atoms with Gasteiger partial charge in [-0.2, -0.15) is 0 Å². The summed E-state index contributed by atoms with van der Waals surface area (Å²) in [5.74, 6) is 0.297. The first-order chi connectivity index (χ1) is 12.4. The van der Waals surface area contributed by atoms with Gasteiger partial charge in [0.1, 0.15) is 17.3 Å². The molecule has 0 saturated carbocycles. The Balaban J connectivity index is 1.66. The number of sulfone groups is 1. The van der Waals surface area contributed by atoms with Crippen LogP contribution in [0.1, 0.15) is 5.56 Å². The molecular formula is C18H17FN4O2S. The number of hydrogen-bond acceptors (Lipinski definition) is 6. The molecule has 0 amide bonds. The number of rotatable bonds is 6. The van der Waals surface area contributed by atoms with Crippen molar-refractivity contribution >= 4 is 15.7 Å². The number of aromatic nitrogens is 3. The number of halogens is 1. The quantitative estimate of drug-likeness (QED) is 0.716. The van der Waals surface area contributed by atoms with E-state index in [-0.39, 0.29) is 12.3 Å². The monoisotopic (exact) mass is 372 g/mol. The average molecular weight is 372 g/mol. The molecule has 8 heteroatoms. The van der Waals surface area contributed by atoms with Crippen molar-refractivity contribution < 1.29 is 12.8 Å². The van der Waals surface area contributed by atoms with Crippen LogP contribution in [0.15, 0.2) is 59.8 Å². The minimum Gasteiger partial charge on any atom is -0.369 e. The summed E-state index contributed by atoms with van der Waals surface area (Å²) >= 11 is 0. The fourth-order valence-electron chi connectivity index (χ4n) is 2.27. The zero-order valence-electron chi connectivity index (χ0n) is 14.1. The molecule has 0 aliphatic carbocycles. The first-order valence-electron chi connectivity index (χ1n) is 7.92. The highest BCUT2D eigenvalue weighted by molar-refractivity contribution is 7.91. The third-order valence-electron chi connectivity index (χ3n) is 3.67. The van der Waals surface area contributed by atoms with Gasteiger partial charge >= 0.3 is 0 Å². The van der Waals surface area contributed by atoms with E-state index in [4.69, 9.17) is 0 Å². The smallest absolute Gasteiger partial charge is 0.180 e. The van der Waals surface area contributed by atoms with Crippen molar-refractivity contribution in [2.24, 2.45) is 0 Å². The predicted octanol–water partition coefficient (Wildman–Crippen LogP) is 2.87. The second kappa shape index (κ2) is 7.57. The van der Waals surface area contributed by atoms with Gasteiger partial charge in [-0.1, -0.05) is 17.7 Å². The van der Waals surface area contributed by atoms with Crippen LogP contribution < -0.4 is 5.32 Å². The summed E-state index contributed by atoms with van der Waals surface area (Å²) in [6.45, 7) is 2.10. The molecule has 1 aromatic carbocycles. The largest absolute Gasteiger partial charge is 0.369 e. The van der Waals surface area contributed by atoms with E-state index in [1.54, 1.807) is 30.3 Å². The SMILES string of the molecule is Cc1ccc(S(=O)(=O)CCNc2ccnc(-c3ccc(F)cn3)n2)cc1. The first kappa shape index (κ1) is 17.9. The van der Waals surface area contributed by atoms with Crippen LogP contribution in [-0.2, 0) is 9.84 Å². The molecule has 0 spiro atoms. The van der Waals surface area contributed by atoms with Gasteiger partial charge in [-0.3, -0.25) is 0 Å². The highest BCUT2D eigenvalue weighted by atomic mass is 32.2. The lowest BCUT2D eigenvalue weighted by atomic mass is 10.2. The summed E-state index contributed by atoms with van der Waals surface area (Å²) in [6.07, 6.45) is 2.62. The van der Waals surface area contributed by atoms with E-state index in [1.807, 2.05) is 6.92 Å². The van der Waals surface area contributed by atoms with Crippen molar-refractivity contribution in [3.05, 3.63) is 66.2 Å². The molecule has 0 atom stereocenters. The molecule has 3 rings (SSSR count). The van der Waals surface area contributed by atoms with Crippen molar-refractivity contribution in [2.75, 3.05) is 17.6 Å². The Bertz CT molecular complexity index is 990. The number of aryl methyl sites for hydroxylation is 1. The van der Waals surface area contributed by atoms with Gasteiger partial charge in [-0.05, 0) is 37.3 Å². The molecule has 1 N–H and O–H groups in total. The van der Waals surface area contributed by atoms with Crippen LogP contribution in [0.2, 0.25) is 0 Å². The van der Waals surface area contributed by atoms with Crippen molar-refractivity contribution in [1.82, 2.24) is 15.0 Å². The van der Waals surface area contributed by atoms with Crippen LogP contribution in [0.4, 0.5) is 10.2 Å². The standard InChI is InChI=1S/C18H17FN4O2S/c1-13-2-5-15(6-3-13)26(24,25)11-10-20-17-8-9-21-18(23-17)16-7-4-14(19)12-22-16/h2-9,12H,10-11H2,1H3,(H,20,21,23). The molecule has 0 radical (unpaired) electrons. The van der Waals surface area contributed by atoms with Crippen molar-refractivity contribution in [2.45, 2.75) is 11.8 Å². The molecule has 0 bridgehead atoms. The number of nitrogens with zero attached hydrogens (tertiary/aromatic N) is 3. The van der Waals surface area contributed by atoms with Gasteiger partial charge in [-0.25, -0.2) is 27.8 Å². The molecule has 134 valence electrons. The van der Waals surface area contributed by atoms with Gasteiger partial charge in [-0.15, -0.1) is 0 Å². The van der Waals surface area contributed by atoms with E-state index in [1.165, 1.54) is 18.3 Å². The number of benzene rings is 1. The molecule has 0 unspecified atom stereocenters. The normalized spacial score (nSPS) is 11.3. The van der Waals surface area contributed by atoms with Gasteiger partial charge in [0.15, 0.2) is 15.7 Å².